The molecular formula is C29H26N6O2. The van der Waals surface area contributed by atoms with Crippen molar-refractivity contribution in [1.29, 1.82) is 0 Å². The zero-order valence-corrected chi connectivity index (χ0v) is 20.4. The minimum atomic E-state index is -0.329. The summed E-state index contributed by atoms with van der Waals surface area (Å²) in [6, 6.07) is 17.7. The number of piperidine rings is 1. The molecule has 0 radical (unpaired) electrons. The van der Waals surface area contributed by atoms with Crippen molar-refractivity contribution >= 4 is 16.9 Å². The summed E-state index contributed by atoms with van der Waals surface area (Å²) in [5.41, 5.74) is 7.41. The molecule has 184 valence electrons. The van der Waals surface area contributed by atoms with E-state index in [2.05, 4.69) is 42.4 Å². The zero-order valence-electron chi connectivity index (χ0n) is 20.4. The summed E-state index contributed by atoms with van der Waals surface area (Å²) in [5, 5.41) is 4.24. The van der Waals surface area contributed by atoms with Crippen LogP contribution in [0.1, 0.15) is 28.9 Å². The molecule has 0 atom stereocenters. The third-order valence-corrected chi connectivity index (χ3v) is 6.59. The van der Waals surface area contributed by atoms with Crippen LogP contribution in [0.2, 0.25) is 0 Å². The van der Waals surface area contributed by atoms with E-state index < -0.39 is 0 Å². The molecule has 37 heavy (non-hydrogen) atoms. The second-order valence-electron chi connectivity index (χ2n) is 9.21. The van der Waals surface area contributed by atoms with Gasteiger partial charge in [0, 0.05) is 34.6 Å². The molecule has 8 heteroatoms. The van der Waals surface area contributed by atoms with Gasteiger partial charge >= 0.3 is 5.97 Å². The topological polar surface area (TPSA) is 106 Å². The molecule has 1 saturated heterocycles. The number of nitrogens with zero attached hydrogens (tertiary/aromatic N) is 4. The normalized spacial score (nSPS) is 14.1. The molecule has 1 aliphatic rings. The van der Waals surface area contributed by atoms with Gasteiger partial charge in [0.25, 0.3) is 0 Å². The predicted octanol–water partition coefficient (Wildman–Crippen LogP) is 4.97. The molecule has 0 unspecified atom stereocenters. The van der Waals surface area contributed by atoms with Crippen LogP contribution in [0.3, 0.4) is 0 Å². The highest BCUT2D eigenvalue weighted by Gasteiger charge is 2.19. The summed E-state index contributed by atoms with van der Waals surface area (Å²) in [6.45, 7) is 3.72. The monoisotopic (exact) mass is 490 g/mol. The van der Waals surface area contributed by atoms with Crippen molar-refractivity contribution < 1.29 is 9.53 Å². The van der Waals surface area contributed by atoms with E-state index in [1.54, 1.807) is 24.8 Å². The lowest BCUT2D eigenvalue weighted by Crippen LogP contribution is -2.33. The lowest BCUT2D eigenvalue weighted by Gasteiger charge is -2.22. The fourth-order valence-corrected chi connectivity index (χ4v) is 4.63. The average molecular weight is 491 g/mol. The fraction of sp³-hybridized carbons (Fsp3) is 0.207. The number of aromatic nitrogens is 5. The summed E-state index contributed by atoms with van der Waals surface area (Å²) in [6.07, 6.45) is 6.70. The molecule has 1 aromatic carbocycles. The van der Waals surface area contributed by atoms with Crippen LogP contribution in [0.25, 0.3) is 44.8 Å². The number of hydrogen-bond donors (Lipinski definition) is 2. The molecule has 4 aromatic heterocycles. The molecule has 0 spiro atoms. The number of carbonyl (C=O) groups excluding carboxylic acids is 1. The van der Waals surface area contributed by atoms with Gasteiger partial charge < -0.3 is 15.0 Å². The maximum absolute atomic E-state index is 12.5. The Balaban J connectivity index is 1.27. The molecule has 2 N–H and O–H groups in total. The predicted molar refractivity (Wildman–Crippen MR) is 142 cm³/mol. The van der Waals surface area contributed by atoms with E-state index in [9.17, 15) is 4.79 Å². The Labute approximate surface area is 214 Å². The van der Waals surface area contributed by atoms with Crippen LogP contribution in [0.5, 0.6) is 0 Å². The highest BCUT2D eigenvalue weighted by Crippen LogP contribution is 2.31. The molecule has 8 nitrogen and oxygen atoms in total. The van der Waals surface area contributed by atoms with E-state index in [0.29, 0.717) is 5.56 Å². The van der Waals surface area contributed by atoms with Crippen LogP contribution in [-0.4, -0.2) is 50.1 Å². The number of rotatable bonds is 5. The van der Waals surface area contributed by atoms with Gasteiger partial charge in [-0.25, -0.2) is 9.78 Å². The van der Waals surface area contributed by atoms with Crippen molar-refractivity contribution in [2.24, 2.45) is 0 Å². The molecule has 0 saturated carbocycles. The van der Waals surface area contributed by atoms with Gasteiger partial charge in [-0.05, 0) is 75.3 Å². The number of H-pyrrole nitrogens is 1. The summed E-state index contributed by atoms with van der Waals surface area (Å²) in [4.78, 5) is 34.1. The lowest BCUT2D eigenvalue weighted by atomic mass is 10.0. The third kappa shape index (κ3) is 4.83. The van der Waals surface area contributed by atoms with Gasteiger partial charge in [-0.2, -0.15) is 0 Å². The Morgan fingerprint density at radius 1 is 0.919 bits per heavy atom. The zero-order chi connectivity index (χ0) is 25.2. The Hall–Kier alpha value is -4.43. The number of pyridine rings is 3. The number of hydrogen-bond acceptors (Lipinski definition) is 7. The van der Waals surface area contributed by atoms with E-state index in [4.69, 9.17) is 4.74 Å². The minimum absolute atomic E-state index is 0.0379. The maximum Gasteiger partial charge on any atom is 0.339 e. The summed E-state index contributed by atoms with van der Waals surface area (Å²) >= 11 is 0. The molecule has 1 aliphatic heterocycles. The van der Waals surface area contributed by atoms with Gasteiger partial charge in [0.05, 0.1) is 40.2 Å². The number of aryl methyl sites for hydroxylation is 1. The van der Waals surface area contributed by atoms with Crippen LogP contribution in [0, 0.1) is 6.92 Å². The van der Waals surface area contributed by atoms with Crippen LogP contribution in [-0.2, 0) is 4.74 Å². The van der Waals surface area contributed by atoms with Crippen molar-refractivity contribution in [2.75, 3.05) is 13.1 Å². The Morgan fingerprint density at radius 2 is 1.78 bits per heavy atom. The van der Waals surface area contributed by atoms with Crippen molar-refractivity contribution in [3.8, 4) is 33.9 Å². The number of benzene rings is 1. The van der Waals surface area contributed by atoms with Crippen LogP contribution in [0.4, 0.5) is 0 Å². The molecule has 6 rings (SSSR count). The largest absolute Gasteiger partial charge is 0.459 e. The molecule has 0 bridgehead atoms. The second-order valence-corrected chi connectivity index (χ2v) is 9.21. The molecule has 5 aromatic rings. The standard InChI is InChI=1S/C29H26N6O2/c1-18-3-2-4-26(35-18)28-27(33-17-34-28)19-5-7-24-21(13-19)14-22(16-32-24)25-8-6-20(15-31-25)29(36)37-23-9-11-30-12-10-23/h2-8,13-17,23,30H,9-12H2,1H3,(H,33,34). The fourth-order valence-electron chi connectivity index (χ4n) is 4.63. The first-order valence-electron chi connectivity index (χ1n) is 12.4. The van der Waals surface area contributed by atoms with Crippen molar-refractivity contribution in [3.05, 3.63) is 84.6 Å². The van der Waals surface area contributed by atoms with Gasteiger partial charge in [-0.1, -0.05) is 12.1 Å². The highest BCUT2D eigenvalue weighted by atomic mass is 16.5. The Morgan fingerprint density at radius 3 is 2.59 bits per heavy atom. The average Bonchev–Trinajstić information content (AvgIpc) is 3.43. The van der Waals surface area contributed by atoms with Crippen LogP contribution in [0.15, 0.2) is 73.3 Å². The first-order valence-corrected chi connectivity index (χ1v) is 12.4. The van der Waals surface area contributed by atoms with Crippen LogP contribution >= 0.6 is 0 Å². The molecule has 1 fully saturated rings. The molecular weight excluding hydrogens is 464 g/mol. The summed E-state index contributed by atoms with van der Waals surface area (Å²) in [5.74, 6) is -0.329. The van der Waals surface area contributed by atoms with Gasteiger partial charge in [-0.3, -0.25) is 15.0 Å². The van der Waals surface area contributed by atoms with Crippen molar-refractivity contribution in [2.45, 2.75) is 25.9 Å². The quantitative estimate of drug-likeness (QED) is 0.335. The lowest BCUT2D eigenvalue weighted by molar-refractivity contribution is 0.0229. The summed E-state index contributed by atoms with van der Waals surface area (Å²) < 4.78 is 5.63. The van der Waals surface area contributed by atoms with Crippen molar-refractivity contribution in [1.82, 2.24) is 30.2 Å². The highest BCUT2D eigenvalue weighted by molar-refractivity contribution is 5.91. The Bertz CT molecular complexity index is 1570. The maximum atomic E-state index is 12.5. The number of carbonyl (C=O) groups is 1. The number of aromatic amines is 1. The first-order chi connectivity index (χ1) is 18.1. The van der Waals surface area contributed by atoms with E-state index in [1.165, 1.54) is 0 Å². The molecule has 5 heterocycles. The van der Waals surface area contributed by atoms with Gasteiger partial charge in [-0.15, -0.1) is 0 Å². The SMILES string of the molecule is Cc1cccc(-c2[nH]cnc2-c2ccc3ncc(-c4ccc(C(=O)OC5CCNCC5)cn4)cc3c2)n1. The van der Waals surface area contributed by atoms with E-state index in [1.807, 2.05) is 43.3 Å². The second kappa shape index (κ2) is 9.91. The Kier molecular flexibility index (Phi) is 6.16. The van der Waals surface area contributed by atoms with E-state index in [-0.39, 0.29) is 12.1 Å². The minimum Gasteiger partial charge on any atom is -0.459 e. The first kappa shape index (κ1) is 23.0. The van der Waals surface area contributed by atoms with E-state index >= 15 is 0 Å². The number of imidazole rings is 1. The summed E-state index contributed by atoms with van der Waals surface area (Å²) in [7, 11) is 0. The number of fused-ring (bicyclic) bond motifs is 1. The van der Waals surface area contributed by atoms with Crippen LogP contribution < -0.4 is 5.32 Å². The smallest absolute Gasteiger partial charge is 0.339 e. The molecule has 0 aliphatic carbocycles. The number of ether oxygens (including phenoxy) is 1. The van der Waals surface area contributed by atoms with Gasteiger partial charge in [0.2, 0.25) is 0 Å². The van der Waals surface area contributed by atoms with Gasteiger partial charge in [0.1, 0.15) is 6.10 Å². The third-order valence-electron chi connectivity index (χ3n) is 6.59. The number of nitrogens with one attached hydrogen (secondary N) is 2. The van der Waals surface area contributed by atoms with Gasteiger partial charge in [0.15, 0.2) is 0 Å². The van der Waals surface area contributed by atoms with E-state index in [0.717, 1.165) is 76.4 Å². The molecule has 0 amide bonds. The number of esters is 1. The van der Waals surface area contributed by atoms with Crippen molar-refractivity contribution in [3.63, 3.8) is 0 Å².